The van der Waals surface area contributed by atoms with Gasteiger partial charge in [0.25, 0.3) is 0 Å². The van der Waals surface area contributed by atoms with Gasteiger partial charge in [0, 0.05) is 40.8 Å². The van der Waals surface area contributed by atoms with Crippen molar-refractivity contribution in [2.45, 2.75) is 6.42 Å². The van der Waals surface area contributed by atoms with Crippen molar-refractivity contribution in [3.63, 3.8) is 0 Å². The standard InChI is InChI=1S/C25H16N4O/c30-24-18-6-2-1-5-17(18)23-19(24)11-16(10-15-4-3-8-26-13-15)12-20(23)25-28-21-7-9-27-14-22(21)29-25/h1-9,11-14H,10H2,(H,28,29). The smallest absolute Gasteiger partial charge is 0.194 e. The van der Waals surface area contributed by atoms with Crippen LogP contribution in [0, 0.1) is 0 Å². The number of imidazole rings is 1. The lowest BCUT2D eigenvalue weighted by molar-refractivity contribution is 0.104. The van der Waals surface area contributed by atoms with E-state index in [0.29, 0.717) is 6.42 Å². The first-order chi connectivity index (χ1) is 14.8. The molecule has 0 radical (unpaired) electrons. The summed E-state index contributed by atoms with van der Waals surface area (Å²) in [7, 11) is 0. The van der Waals surface area contributed by atoms with Crippen LogP contribution < -0.4 is 0 Å². The minimum Gasteiger partial charge on any atom is -0.337 e. The Hall–Kier alpha value is -4.12. The third-order valence-electron chi connectivity index (χ3n) is 5.55. The molecule has 142 valence electrons. The van der Waals surface area contributed by atoms with Gasteiger partial charge in [-0.15, -0.1) is 0 Å². The Balaban J connectivity index is 1.60. The summed E-state index contributed by atoms with van der Waals surface area (Å²) in [5.74, 6) is 0.805. The van der Waals surface area contributed by atoms with Gasteiger partial charge in [0.2, 0.25) is 0 Å². The Morgan fingerprint density at radius 2 is 1.60 bits per heavy atom. The monoisotopic (exact) mass is 388 g/mol. The zero-order chi connectivity index (χ0) is 20.1. The van der Waals surface area contributed by atoms with E-state index in [1.807, 2.05) is 54.7 Å². The van der Waals surface area contributed by atoms with Gasteiger partial charge in [-0.1, -0.05) is 30.3 Å². The van der Waals surface area contributed by atoms with E-state index in [4.69, 9.17) is 4.98 Å². The number of H-pyrrole nitrogens is 1. The molecule has 1 aliphatic rings. The third kappa shape index (κ3) is 2.56. The van der Waals surface area contributed by atoms with Gasteiger partial charge in [-0.25, -0.2) is 4.98 Å². The van der Waals surface area contributed by atoms with E-state index < -0.39 is 0 Å². The Morgan fingerprint density at radius 1 is 0.767 bits per heavy atom. The second kappa shape index (κ2) is 6.46. The number of carbonyl (C=O) groups excluding carboxylic acids is 1. The van der Waals surface area contributed by atoms with Crippen LogP contribution in [-0.4, -0.2) is 25.7 Å². The van der Waals surface area contributed by atoms with Crippen LogP contribution >= 0.6 is 0 Å². The van der Waals surface area contributed by atoms with E-state index in [-0.39, 0.29) is 5.78 Å². The second-order valence-corrected chi connectivity index (χ2v) is 7.46. The van der Waals surface area contributed by atoms with Crippen LogP contribution in [0.4, 0.5) is 0 Å². The summed E-state index contributed by atoms with van der Waals surface area (Å²) < 4.78 is 0. The molecule has 0 saturated heterocycles. The zero-order valence-electron chi connectivity index (χ0n) is 16.0. The second-order valence-electron chi connectivity index (χ2n) is 7.46. The summed E-state index contributed by atoms with van der Waals surface area (Å²) in [5.41, 5.74) is 8.17. The highest BCUT2D eigenvalue weighted by atomic mass is 16.1. The number of nitrogens with zero attached hydrogens (tertiary/aromatic N) is 3. The van der Waals surface area contributed by atoms with Crippen molar-refractivity contribution >= 4 is 16.8 Å². The van der Waals surface area contributed by atoms with Crippen molar-refractivity contribution in [3.8, 4) is 22.5 Å². The lowest BCUT2D eigenvalue weighted by Crippen LogP contribution is -1.99. The molecule has 0 saturated carbocycles. The first-order valence-electron chi connectivity index (χ1n) is 9.78. The van der Waals surface area contributed by atoms with Crippen LogP contribution in [0.3, 0.4) is 0 Å². The minimum atomic E-state index is 0.0627. The van der Waals surface area contributed by atoms with Crippen LogP contribution in [0.1, 0.15) is 27.0 Å². The molecule has 2 aromatic carbocycles. The minimum absolute atomic E-state index is 0.0627. The molecule has 0 atom stereocenters. The largest absolute Gasteiger partial charge is 0.337 e. The van der Waals surface area contributed by atoms with Crippen molar-refractivity contribution in [1.29, 1.82) is 0 Å². The van der Waals surface area contributed by atoms with Crippen LogP contribution in [0.15, 0.2) is 79.4 Å². The van der Waals surface area contributed by atoms with Crippen LogP contribution in [0.25, 0.3) is 33.5 Å². The van der Waals surface area contributed by atoms with E-state index in [9.17, 15) is 4.79 Å². The molecule has 1 aliphatic carbocycles. The summed E-state index contributed by atoms with van der Waals surface area (Å²) in [5, 5.41) is 0. The van der Waals surface area contributed by atoms with E-state index in [1.165, 1.54) is 0 Å². The molecule has 0 unspecified atom stereocenters. The van der Waals surface area contributed by atoms with E-state index in [1.54, 1.807) is 18.6 Å². The number of benzene rings is 2. The van der Waals surface area contributed by atoms with E-state index >= 15 is 0 Å². The Bertz CT molecular complexity index is 1400. The topological polar surface area (TPSA) is 71.5 Å². The predicted octanol–water partition coefficient (Wildman–Crippen LogP) is 4.82. The van der Waals surface area contributed by atoms with E-state index in [2.05, 4.69) is 21.0 Å². The van der Waals surface area contributed by atoms with Gasteiger partial charge < -0.3 is 4.98 Å². The van der Waals surface area contributed by atoms with Gasteiger partial charge in [0.05, 0.1) is 17.2 Å². The molecule has 0 bridgehead atoms. The van der Waals surface area contributed by atoms with E-state index in [0.717, 1.165) is 55.8 Å². The molecular formula is C25H16N4O. The first kappa shape index (κ1) is 16.8. The SMILES string of the molecule is O=C1c2ccccc2-c2c1cc(Cc1cccnc1)cc2-c1nc2ccncc2[nH]1. The molecule has 0 fully saturated rings. The quantitative estimate of drug-likeness (QED) is 0.472. The predicted molar refractivity (Wildman–Crippen MR) is 115 cm³/mol. The Morgan fingerprint density at radius 3 is 2.43 bits per heavy atom. The number of carbonyl (C=O) groups is 1. The summed E-state index contributed by atoms with van der Waals surface area (Å²) in [6.45, 7) is 0. The summed E-state index contributed by atoms with van der Waals surface area (Å²) in [6, 6.07) is 17.8. The number of ketones is 1. The van der Waals surface area contributed by atoms with Crippen LogP contribution in [0.5, 0.6) is 0 Å². The number of aromatic nitrogens is 4. The average Bonchev–Trinajstić information content (AvgIpc) is 3.34. The fraction of sp³-hybridized carbons (Fsp3) is 0.0400. The molecule has 0 spiro atoms. The number of aromatic amines is 1. The van der Waals surface area contributed by atoms with Gasteiger partial charge >= 0.3 is 0 Å². The van der Waals surface area contributed by atoms with Crippen molar-refractivity contribution < 1.29 is 4.79 Å². The molecule has 30 heavy (non-hydrogen) atoms. The molecule has 5 aromatic rings. The molecule has 5 heteroatoms. The maximum Gasteiger partial charge on any atom is 0.194 e. The van der Waals surface area contributed by atoms with Crippen LogP contribution in [-0.2, 0) is 6.42 Å². The molecule has 1 N–H and O–H groups in total. The Kier molecular flexibility index (Phi) is 3.62. The molecule has 0 amide bonds. The maximum atomic E-state index is 13.2. The molecule has 3 aromatic heterocycles. The third-order valence-corrected chi connectivity index (χ3v) is 5.55. The number of nitrogens with one attached hydrogen (secondary N) is 1. The number of hydrogen-bond acceptors (Lipinski definition) is 4. The van der Waals surface area contributed by atoms with Crippen molar-refractivity contribution in [2.75, 3.05) is 0 Å². The van der Waals surface area contributed by atoms with Gasteiger partial charge in [0.1, 0.15) is 5.82 Å². The zero-order valence-corrected chi connectivity index (χ0v) is 16.0. The lowest BCUT2D eigenvalue weighted by atomic mass is 9.94. The number of fused-ring (bicyclic) bond motifs is 4. The summed E-state index contributed by atoms with van der Waals surface area (Å²) >= 11 is 0. The fourth-order valence-corrected chi connectivity index (χ4v) is 4.23. The molecule has 3 heterocycles. The maximum absolute atomic E-state index is 13.2. The van der Waals surface area contributed by atoms with Gasteiger partial charge in [0.15, 0.2) is 5.78 Å². The normalized spacial score (nSPS) is 12.2. The summed E-state index contributed by atoms with van der Waals surface area (Å²) in [4.78, 5) is 29.8. The molecule has 5 nitrogen and oxygen atoms in total. The van der Waals surface area contributed by atoms with Crippen molar-refractivity contribution in [1.82, 2.24) is 19.9 Å². The Labute approximate surface area is 172 Å². The number of rotatable bonds is 3. The van der Waals surface area contributed by atoms with Gasteiger partial charge in [-0.2, -0.15) is 0 Å². The van der Waals surface area contributed by atoms with Crippen LogP contribution in [0.2, 0.25) is 0 Å². The van der Waals surface area contributed by atoms with Gasteiger partial charge in [-0.3, -0.25) is 14.8 Å². The van der Waals surface area contributed by atoms with Gasteiger partial charge in [-0.05, 0) is 47.4 Å². The highest BCUT2D eigenvalue weighted by Gasteiger charge is 2.30. The number of pyridine rings is 2. The van der Waals surface area contributed by atoms with Crippen molar-refractivity contribution in [2.24, 2.45) is 0 Å². The highest BCUT2D eigenvalue weighted by molar-refractivity contribution is 6.23. The fourth-order valence-electron chi connectivity index (χ4n) is 4.23. The number of hydrogen-bond donors (Lipinski definition) is 1. The van der Waals surface area contributed by atoms with Crippen molar-refractivity contribution in [3.05, 3.63) is 102 Å². The first-order valence-corrected chi connectivity index (χ1v) is 9.78. The molecule has 6 rings (SSSR count). The lowest BCUT2D eigenvalue weighted by Gasteiger charge is -2.11. The average molecular weight is 388 g/mol. The molecule has 0 aliphatic heterocycles. The molecular weight excluding hydrogens is 372 g/mol. The highest BCUT2D eigenvalue weighted by Crippen LogP contribution is 2.43. The summed E-state index contributed by atoms with van der Waals surface area (Å²) in [6.07, 6.45) is 7.82.